The Morgan fingerprint density at radius 2 is 2.00 bits per heavy atom. The molecule has 1 saturated carbocycles. The molecule has 108 valence electrons. The number of amides is 1. The van der Waals surface area contributed by atoms with Crippen LogP contribution in [0.15, 0.2) is 18.2 Å². The second kappa shape index (κ2) is 5.57. The molecule has 2 atom stereocenters. The highest BCUT2D eigenvalue weighted by atomic mass is 16.5. The van der Waals surface area contributed by atoms with Gasteiger partial charge in [-0.2, -0.15) is 0 Å². The summed E-state index contributed by atoms with van der Waals surface area (Å²) < 4.78 is 5.85. The second-order valence-corrected chi connectivity index (χ2v) is 6.06. The quantitative estimate of drug-likeness (QED) is 0.787. The van der Waals surface area contributed by atoms with E-state index in [1.54, 1.807) is 0 Å². The van der Waals surface area contributed by atoms with Crippen LogP contribution in [0.25, 0.3) is 0 Å². The molecule has 1 amide bonds. The van der Waals surface area contributed by atoms with E-state index in [2.05, 4.69) is 18.7 Å². The van der Waals surface area contributed by atoms with Gasteiger partial charge in [-0.05, 0) is 49.9 Å². The van der Waals surface area contributed by atoms with E-state index in [4.69, 9.17) is 4.74 Å². The topological polar surface area (TPSA) is 29.5 Å². The Hall–Kier alpha value is -1.35. The molecule has 2 fully saturated rings. The van der Waals surface area contributed by atoms with Crippen molar-refractivity contribution in [1.82, 2.24) is 4.90 Å². The van der Waals surface area contributed by atoms with Gasteiger partial charge in [0.25, 0.3) is 5.91 Å². The van der Waals surface area contributed by atoms with Crippen molar-refractivity contribution in [1.29, 1.82) is 0 Å². The van der Waals surface area contributed by atoms with Gasteiger partial charge >= 0.3 is 0 Å². The Kier molecular flexibility index (Phi) is 3.79. The van der Waals surface area contributed by atoms with Gasteiger partial charge in [-0.3, -0.25) is 4.79 Å². The van der Waals surface area contributed by atoms with Crippen molar-refractivity contribution in [2.75, 3.05) is 13.2 Å². The first-order valence-corrected chi connectivity index (χ1v) is 7.66. The van der Waals surface area contributed by atoms with Crippen molar-refractivity contribution < 1.29 is 9.53 Å². The molecule has 0 aromatic heterocycles. The zero-order chi connectivity index (χ0) is 14.1. The van der Waals surface area contributed by atoms with E-state index in [-0.39, 0.29) is 18.1 Å². The van der Waals surface area contributed by atoms with Gasteiger partial charge in [-0.1, -0.05) is 18.9 Å². The normalized spacial score (nSPS) is 26.2. The highest BCUT2D eigenvalue weighted by Gasteiger charge is 2.36. The lowest BCUT2D eigenvalue weighted by atomic mass is 9.89. The Balaban J connectivity index is 1.83. The number of hydrogen-bond donors (Lipinski definition) is 0. The number of aryl methyl sites for hydroxylation is 2. The van der Waals surface area contributed by atoms with Gasteiger partial charge < -0.3 is 9.64 Å². The fourth-order valence-electron chi connectivity index (χ4n) is 3.39. The van der Waals surface area contributed by atoms with Gasteiger partial charge in [-0.15, -0.1) is 0 Å². The third kappa shape index (κ3) is 2.47. The van der Waals surface area contributed by atoms with E-state index in [1.807, 2.05) is 18.2 Å². The van der Waals surface area contributed by atoms with Gasteiger partial charge in [0.1, 0.15) is 0 Å². The number of carbonyl (C=O) groups is 1. The average Bonchev–Trinajstić information content (AvgIpc) is 2.49. The molecule has 0 spiro atoms. The van der Waals surface area contributed by atoms with Crippen molar-refractivity contribution in [3.05, 3.63) is 34.9 Å². The van der Waals surface area contributed by atoms with Crippen LogP contribution in [0.3, 0.4) is 0 Å². The van der Waals surface area contributed by atoms with Gasteiger partial charge in [-0.25, -0.2) is 0 Å². The first-order chi connectivity index (χ1) is 9.66. The van der Waals surface area contributed by atoms with E-state index in [9.17, 15) is 4.79 Å². The van der Waals surface area contributed by atoms with Crippen molar-refractivity contribution in [2.45, 2.75) is 51.7 Å². The van der Waals surface area contributed by atoms with E-state index in [1.165, 1.54) is 24.0 Å². The summed E-state index contributed by atoms with van der Waals surface area (Å²) in [6, 6.07) is 6.30. The van der Waals surface area contributed by atoms with Crippen molar-refractivity contribution >= 4 is 5.91 Å². The maximum Gasteiger partial charge on any atom is 0.254 e. The lowest BCUT2D eigenvalue weighted by Gasteiger charge is -2.43. The van der Waals surface area contributed by atoms with E-state index >= 15 is 0 Å². The molecule has 0 N–H and O–H groups in total. The Bertz CT molecular complexity index is 510. The van der Waals surface area contributed by atoms with Crippen LogP contribution in [0.1, 0.15) is 47.2 Å². The average molecular weight is 273 g/mol. The summed E-state index contributed by atoms with van der Waals surface area (Å²) in [5, 5.41) is 0. The number of fused-ring (bicyclic) bond motifs is 1. The van der Waals surface area contributed by atoms with E-state index in [0.29, 0.717) is 6.61 Å². The maximum absolute atomic E-state index is 12.8. The molecular formula is C17H23NO2. The largest absolute Gasteiger partial charge is 0.374 e. The molecule has 2 unspecified atom stereocenters. The Morgan fingerprint density at radius 1 is 1.20 bits per heavy atom. The predicted octanol–water partition coefficient (Wildman–Crippen LogP) is 3.09. The van der Waals surface area contributed by atoms with Crippen LogP contribution in [0, 0.1) is 13.8 Å². The van der Waals surface area contributed by atoms with Crippen LogP contribution in [-0.4, -0.2) is 36.1 Å². The molecule has 0 radical (unpaired) electrons. The van der Waals surface area contributed by atoms with Crippen molar-refractivity contribution in [3.8, 4) is 0 Å². The minimum atomic E-state index is 0.174. The van der Waals surface area contributed by atoms with Gasteiger partial charge in [0.05, 0.1) is 18.8 Å². The minimum Gasteiger partial charge on any atom is -0.374 e. The van der Waals surface area contributed by atoms with E-state index < -0.39 is 0 Å². The predicted molar refractivity (Wildman–Crippen MR) is 78.9 cm³/mol. The fourth-order valence-corrected chi connectivity index (χ4v) is 3.39. The van der Waals surface area contributed by atoms with Crippen molar-refractivity contribution in [2.24, 2.45) is 0 Å². The zero-order valence-electron chi connectivity index (χ0n) is 12.4. The summed E-state index contributed by atoms with van der Waals surface area (Å²) in [6.45, 7) is 5.55. The number of carbonyl (C=O) groups excluding carboxylic acids is 1. The molecule has 20 heavy (non-hydrogen) atoms. The Morgan fingerprint density at radius 3 is 2.80 bits per heavy atom. The number of hydrogen-bond acceptors (Lipinski definition) is 2. The Labute approximate surface area is 120 Å². The summed E-state index contributed by atoms with van der Waals surface area (Å²) >= 11 is 0. The van der Waals surface area contributed by atoms with Crippen LogP contribution in [0.5, 0.6) is 0 Å². The molecule has 2 aliphatic rings. The number of nitrogens with zero attached hydrogens (tertiary/aromatic N) is 1. The van der Waals surface area contributed by atoms with Crippen LogP contribution in [0.4, 0.5) is 0 Å². The standard InChI is InChI=1S/C17H23NO2/c1-12-7-8-14(11-13(12)2)17(19)18-9-10-20-16-6-4-3-5-15(16)18/h7-8,11,15-16H,3-6,9-10H2,1-2H3. The smallest absolute Gasteiger partial charge is 0.254 e. The molecule has 1 aliphatic carbocycles. The molecule has 0 bridgehead atoms. The van der Waals surface area contributed by atoms with Gasteiger partial charge in [0, 0.05) is 12.1 Å². The molecule has 3 rings (SSSR count). The summed E-state index contributed by atoms with van der Waals surface area (Å²) in [5.41, 5.74) is 3.24. The third-order valence-electron chi connectivity index (χ3n) is 4.75. The van der Waals surface area contributed by atoms with Gasteiger partial charge in [0.15, 0.2) is 0 Å². The first kappa shape index (κ1) is 13.6. The zero-order valence-corrected chi connectivity index (χ0v) is 12.4. The number of rotatable bonds is 1. The summed E-state index contributed by atoms with van der Waals surface area (Å²) in [5.74, 6) is 0.174. The van der Waals surface area contributed by atoms with Crippen molar-refractivity contribution in [3.63, 3.8) is 0 Å². The van der Waals surface area contributed by atoms with Crippen LogP contribution >= 0.6 is 0 Å². The monoisotopic (exact) mass is 273 g/mol. The summed E-state index contributed by atoms with van der Waals surface area (Å²) in [7, 11) is 0. The SMILES string of the molecule is Cc1ccc(C(=O)N2CCOC3CCCCC32)cc1C. The van der Waals surface area contributed by atoms with E-state index in [0.717, 1.165) is 24.9 Å². The highest BCUT2D eigenvalue weighted by Crippen LogP contribution is 2.29. The highest BCUT2D eigenvalue weighted by molar-refractivity contribution is 5.94. The summed E-state index contributed by atoms with van der Waals surface area (Å²) in [6.07, 6.45) is 4.88. The molecule has 1 aromatic carbocycles. The lowest BCUT2D eigenvalue weighted by Crippen LogP contribution is -2.54. The third-order valence-corrected chi connectivity index (χ3v) is 4.75. The van der Waals surface area contributed by atoms with Crippen LogP contribution in [-0.2, 0) is 4.74 Å². The maximum atomic E-state index is 12.8. The molecule has 1 aliphatic heterocycles. The minimum absolute atomic E-state index is 0.174. The molecule has 1 aromatic rings. The molecule has 1 saturated heterocycles. The summed E-state index contributed by atoms with van der Waals surface area (Å²) in [4.78, 5) is 14.8. The fraction of sp³-hybridized carbons (Fsp3) is 0.588. The molecule has 3 heteroatoms. The first-order valence-electron chi connectivity index (χ1n) is 7.66. The van der Waals surface area contributed by atoms with Gasteiger partial charge in [0.2, 0.25) is 0 Å². The molecular weight excluding hydrogens is 250 g/mol. The van der Waals surface area contributed by atoms with Crippen LogP contribution in [0.2, 0.25) is 0 Å². The molecule has 1 heterocycles. The second-order valence-electron chi connectivity index (χ2n) is 6.06. The number of benzene rings is 1. The number of morpholine rings is 1. The lowest BCUT2D eigenvalue weighted by molar-refractivity contribution is -0.0752. The van der Waals surface area contributed by atoms with Crippen LogP contribution < -0.4 is 0 Å². The molecule has 3 nitrogen and oxygen atoms in total. The number of ether oxygens (including phenoxy) is 1.